The molecule has 1 aromatic heterocycles. The Labute approximate surface area is 184 Å². The predicted octanol–water partition coefficient (Wildman–Crippen LogP) is 5.23. The molecule has 0 bridgehead atoms. The number of aromatic nitrogens is 2. The van der Waals surface area contributed by atoms with Crippen molar-refractivity contribution in [3.8, 4) is 11.6 Å². The molecule has 0 aliphatic rings. The third-order valence-electron chi connectivity index (χ3n) is 4.39. The zero-order valence-corrected chi connectivity index (χ0v) is 18.7. The van der Waals surface area contributed by atoms with Crippen molar-refractivity contribution in [2.24, 2.45) is 0 Å². The van der Waals surface area contributed by atoms with E-state index in [9.17, 15) is 14.9 Å². The van der Waals surface area contributed by atoms with Gasteiger partial charge in [-0.2, -0.15) is 5.10 Å². The van der Waals surface area contributed by atoms with Gasteiger partial charge in [0.05, 0.1) is 38.6 Å². The first-order valence-electron chi connectivity index (χ1n) is 9.49. The van der Waals surface area contributed by atoms with E-state index in [1.807, 2.05) is 20.8 Å². The fraction of sp³-hybridized carbons (Fsp3) is 0.273. The van der Waals surface area contributed by atoms with Crippen LogP contribution in [0.25, 0.3) is 0 Å². The van der Waals surface area contributed by atoms with Crippen molar-refractivity contribution in [2.75, 3.05) is 7.11 Å². The molecule has 0 amide bonds. The molecule has 3 rings (SSSR count). The van der Waals surface area contributed by atoms with Crippen molar-refractivity contribution < 1.29 is 19.2 Å². The van der Waals surface area contributed by atoms with Crippen LogP contribution in [0, 0.1) is 17.0 Å². The number of hydrogen-bond donors (Lipinski definition) is 0. The molecule has 0 saturated carbocycles. The van der Waals surface area contributed by atoms with Crippen LogP contribution in [-0.2, 0) is 5.54 Å². The molecule has 0 spiro atoms. The van der Waals surface area contributed by atoms with Crippen LogP contribution in [0.1, 0.15) is 36.8 Å². The number of ether oxygens (including phenoxy) is 2. The SMILES string of the molecule is COc1ccc(C(=O)Oc2c(Sc3ccccc3[N+](=O)[O-])c(C)nn2C(C)(C)C)cc1. The number of aryl methyl sites for hydroxylation is 1. The summed E-state index contributed by atoms with van der Waals surface area (Å²) in [5.41, 5.74) is 0.446. The number of methoxy groups -OCH3 is 1. The minimum atomic E-state index is -0.558. The monoisotopic (exact) mass is 441 g/mol. The van der Waals surface area contributed by atoms with E-state index in [1.54, 1.807) is 61.2 Å². The van der Waals surface area contributed by atoms with E-state index in [0.29, 0.717) is 26.8 Å². The van der Waals surface area contributed by atoms with Crippen LogP contribution in [0.4, 0.5) is 5.69 Å². The summed E-state index contributed by atoms with van der Waals surface area (Å²) in [6.07, 6.45) is 0. The summed E-state index contributed by atoms with van der Waals surface area (Å²) < 4.78 is 12.5. The second kappa shape index (κ2) is 8.81. The number of para-hydroxylation sites is 1. The average Bonchev–Trinajstić information content (AvgIpc) is 3.04. The highest BCUT2D eigenvalue weighted by Crippen LogP contribution is 2.43. The van der Waals surface area contributed by atoms with Crippen molar-refractivity contribution in [1.82, 2.24) is 9.78 Å². The highest BCUT2D eigenvalue weighted by atomic mass is 32.2. The summed E-state index contributed by atoms with van der Waals surface area (Å²) >= 11 is 1.15. The van der Waals surface area contributed by atoms with E-state index in [-0.39, 0.29) is 11.6 Å². The molecule has 0 N–H and O–H groups in total. The molecule has 3 aromatic rings. The maximum absolute atomic E-state index is 12.9. The normalized spacial score (nSPS) is 11.3. The molecule has 2 aromatic carbocycles. The lowest BCUT2D eigenvalue weighted by molar-refractivity contribution is -0.387. The fourth-order valence-electron chi connectivity index (χ4n) is 2.83. The molecule has 0 saturated heterocycles. The summed E-state index contributed by atoms with van der Waals surface area (Å²) in [5, 5.41) is 16.0. The van der Waals surface area contributed by atoms with Crippen LogP contribution in [0.5, 0.6) is 11.6 Å². The van der Waals surface area contributed by atoms with Crippen molar-refractivity contribution in [3.63, 3.8) is 0 Å². The first-order valence-corrected chi connectivity index (χ1v) is 10.3. The Balaban J connectivity index is 2.03. The lowest BCUT2D eigenvalue weighted by atomic mass is 10.1. The summed E-state index contributed by atoms with van der Waals surface area (Å²) in [5.74, 6) is 0.311. The fourth-order valence-corrected chi connectivity index (χ4v) is 3.85. The Kier molecular flexibility index (Phi) is 6.35. The Morgan fingerprint density at radius 3 is 2.35 bits per heavy atom. The Bertz CT molecular complexity index is 1120. The van der Waals surface area contributed by atoms with Gasteiger partial charge in [-0.3, -0.25) is 10.1 Å². The maximum Gasteiger partial charge on any atom is 0.344 e. The van der Waals surface area contributed by atoms with Crippen LogP contribution in [-0.4, -0.2) is 27.8 Å². The van der Waals surface area contributed by atoms with E-state index in [4.69, 9.17) is 9.47 Å². The lowest BCUT2D eigenvalue weighted by Crippen LogP contribution is -2.25. The second-order valence-corrected chi connectivity index (χ2v) is 8.80. The first-order chi connectivity index (χ1) is 14.6. The molecule has 0 unspecified atom stereocenters. The van der Waals surface area contributed by atoms with E-state index >= 15 is 0 Å². The maximum atomic E-state index is 12.9. The Morgan fingerprint density at radius 2 is 1.77 bits per heavy atom. The molecule has 0 radical (unpaired) electrons. The number of benzene rings is 2. The second-order valence-electron chi connectivity index (χ2n) is 7.75. The highest BCUT2D eigenvalue weighted by molar-refractivity contribution is 7.99. The first kappa shape index (κ1) is 22.4. The van der Waals surface area contributed by atoms with Gasteiger partial charge in [0.1, 0.15) is 5.75 Å². The summed E-state index contributed by atoms with van der Waals surface area (Å²) in [4.78, 5) is 24.8. The molecule has 8 nitrogen and oxygen atoms in total. The van der Waals surface area contributed by atoms with Gasteiger partial charge < -0.3 is 9.47 Å². The molecule has 162 valence electrons. The van der Waals surface area contributed by atoms with Crippen LogP contribution in [0.15, 0.2) is 58.3 Å². The number of rotatable bonds is 6. The molecular formula is C22H23N3O5S. The van der Waals surface area contributed by atoms with Gasteiger partial charge >= 0.3 is 5.97 Å². The van der Waals surface area contributed by atoms with Gasteiger partial charge in [-0.05, 0) is 58.0 Å². The quantitative estimate of drug-likeness (QED) is 0.293. The largest absolute Gasteiger partial charge is 0.497 e. The number of nitro groups is 1. The van der Waals surface area contributed by atoms with Crippen molar-refractivity contribution in [1.29, 1.82) is 0 Å². The molecule has 0 aliphatic carbocycles. The topological polar surface area (TPSA) is 96.5 Å². The van der Waals surface area contributed by atoms with E-state index in [0.717, 1.165) is 11.8 Å². The highest BCUT2D eigenvalue weighted by Gasteiger charge is 2.29. The van der Waals surface area contributed by atoms with Gasteiger partial charge in [-0.25, -0.2) is 9.48 Å². The van der Waals surface area contributed by atoms with Crippen LogP contribution < -0.4 is 9.47 Å². The summed E-state index contributed by atoms with van der Waals surface area (Å²) in [6.45, 7) is 7.58. The summed E-state index contributed by atoms with van der Waals surface area (Å²) in [7, 11) is 1.55. The van der Waals surface area contributed by atoms with Crippen molar-refractivity contribution in [3.05, 3.63) is 69.9 Å². The Hall–Kier alpha value is -3.33. The number of carbonyl (C=O) groups excluding carboxylic acids is 1. The van der Waals surface area contributed by atoms with Crippen LogP contribution in [0.2, 0.25) is 0 Å². The third kappa shape index (κ3) is 4.88. The van der Waals surface area contributed by atoms with Crippen molar-refractivity contribution in [2.45, 2.75) is 43.0 Å². The number of esters is 1. The molecular weight excluding hydrogens is 418 g/mol. The zero-order valence-electron chi connectivity index (χ0n) is 17.9. The molecule has 9 heteroatoms. The molecule has 1 heterocycles. The zero-order chi connectivity index (χ0) is 22.8. The van der Waals surface area contributed by atoms with Gasteiger partial charge in [0, 0.05) is 6.07 Å². The van der Waals surface area contributed by atoms with Gasteiger partial charge in [-0.15, -0.1) is 0 Å². The molecule has 0 aliphatic heterocycles. The molecule has 0 atom stereocenters. The van der Waals surface area contributed by atoms with Gasteiger partial charge in [-0.1, -0.05) is 23.9 Å². The average molecular weight is 442 g/mol. The lowest BCUT2D eigenvalue weighted by Gasteiger charge is -2.22. The standard InChI is InChI=1S/C22H23N3O5S/c1-14-19(31-18-9-7-6-8-17(18)25(27)28)20(24(23-14)22(2,3)4)30-21(26)15-10-12-16(29-5)13-11-15/h6-13H,1-5H3. The van der Waals surface area contributed by atoms with Gasteiger partial charge in [0.25, 0.3) is 5.69 Å². The van der Waals surface area contributed by atoms with Crippen LogP contribution in [0.3, 0.4) is 0 Å². The number of nitro benzene ring substituents is 1. The predicted molar refractivity (Wildman–Crippen MR) is 117 cm³/mol. The van der Waals surface area contributed by atoms with Gasteiger partial charge in [0.15, 0.2) is 0 Å². The summed E-state index contributed by atoms with van der Waals surface area (Å²) in [6, 6.07) is 13.0. The Morgan fingerprint density at radius 1 is 1.13 bits per heavy atom. The van der Waals surface area contributed by atoms with E-state index in [1.165, 1.54) is 6.07 Å². The molecule has 31 heavy (non-hydrogen) atoms. The number of carbonyl (C=O) groups is 1. The van der Waals surface area contributed by atoms with Crippen molar-refractivity contribution >= 4 is 23.4 Å². The smallest absolute Gasteiger partial charge is 0.344 e. The third-order valence-corrected chi connectivity index (χ3v) is 5.63. The van der Waals surface area contributed by atoms with E-state index in [2.05, 4.69) is 5.10 Å². The van der Waals surface area contributed by atoms with Gasteiger partial charge in [0.2, 0.25) is 5.88 Å². The van der Waals surface area contributed by atoms with E-state index < -0.39 is 16.4 Å². The number of hydrogen-bond acceptors (Lipinski definition) is 7. The van der Waals surface area contributed by atoms with Crippen LogP contribution >= 0.6 is 11.8 Å². The minimum Gasteiger partial charge on any atom is -0.497 e. The molecule has 0 fully saturated rings. The minimum absolute atomic E-state index is 0.0251. The number of nitrogens with zero attached hydrogens (tertiary/aromatic N) is 3.